The van der Waals surface area contributed by atoms with Gasteiger partial charge in [-0.15, -0.1) is 0 Å². The normalized spacial score (nSPS) is 16.9. The number of benzene rings is 2. The number of aromatic nitrogens is 2. The summed E-state index contributed by atoms with van der Waals surface area (Å²) in [6.07, 6.45) is 5.40. The zero-order valence-electron chi connectivity index (χ0n) is 22.3. The third-order valence-corrected chi connectivity index (χ3v) is 9.23. The number of nitrogens with zero attached hydrogens (tertiary/aromatic N) is 3. The fraction of sp³-hybridized carbons (Fsp3) is 0.429. The predicted molar refractivity (Wildman–Crippen MR) is 155 cm³/mol. The first-order chi connectivity index (χ1) is 18.8. The maximum absolute atomic E-state index is 13.3. The summed E-state index contributed by atoms with van der Waals surface area (Å²) in [6, 6.07) is 13.0. The van der Waals surface area contributed by atoms with Crippen LogP contribution in [0.3, 0.4) is 0 Å². The molecule has 39 heavy (non-hydrogen) atoms. The molecule has 3 N–H and O–H groups in total. The van der Waals surface area contributed by atoms with Gasteiger partial charge in [-0.25, -0.2) is 13.4 Å². The van der Waals surface area contributed by atoms with Crippen LogP contribution in [-0.2, 0) is 10.0 Å². The molecule has 2 fully saturated rings. The first-order valence-electron chi connectivity index (χ1n) is 13.5. The lowest BCUT2D eigenvalue weighted by molar-refractivity contribution is 0.243. The van der Waals surface area contributed by atoms with E-state index < -0.39 is 10.0 Å². The van der Waals surface area contributed by atoms with E-state index in [9.17, 15) is 8.42 Å². The maximum atomic E-state index is 13.3. The Morgan fingerprint density at radius 1 is 1.05 bits per heavy atom. The highest BCUT2D eigenvalue weighted by atomic mass is 35.5. The predicted octanol–water partition coefficient (Wildman–Crippen LogP) is 5.66. The van der Waals surface area contributed by atoms with Gasteiger partial charge in [0, 0.05) is 13.1 Å². The van der Waals surface area contributed by atoms with Crippen LogP contribution < -0.4 is 20.7 Å². The number of sulfonamides is 1. The first-order valence-corrected chi connectivity index (χ1v) is 15.3. The van der Waals surface area contributed by atoms with Crippen LogP contribution in [0.25, 0.3) is 0 Å². The Labute approximate surface area is 235 Å². The average Bonchev–Trinajstić information content (AvgIpc) is 3.48. The summed E-state index contributed by atoms with van der Waals surface area (Å²) in [7, 11) is -3.64. The first kappa shape index (κ1) is 27.6. The molecule has 5 rings (SSSR count). The number of ether oxygens (including phenoxy) is 1. The van der Waals surface area contributed by atoms with E-state index in [4.69, 9.17) is 16.3 Å². The van der Waals surface area contributed by atoms with Crippen LogP contribution in [0.15, 0.2) is 53.6 Å². The second-order valence-electron chi connectivity index (χ2n) is 10.2. The highest BCUT2D eigenvalue weighted by Gasteiger charge is 2.29. The molecule has 0 saturated carbocycles. The molecule has 11 heteroatoms. The Balaban J connectivity index is 1.41. The van der Waals surface area contributed by atoms with Gasteiger partial charge in [0.05, 0.1) is 23.7 Å². The van der Waals surface area contributed by atoms with Gasteiger partial charge in [0.25, 0.3) is 0 Å². The Bertz CT molecular complexity index is 1410. The number of hydrogen-bond donors (Lipinski definition) is 3. The van der Waals surface area contributed by atoms with Crippen molar-refractivity contribution in [2.75, 3.05) is 36.8 Å². The lowest BCUT2D eigenvalue weighted by Crippen LogP contribution is -2.28. The minimum atomic E-state index is -3.64. The average molecular weight is 571 g/mol. The molecule has 1 aromatic heterocycles. The second kappa shape index (κ2) is 12.1. The van der Waals surface area contributed by atoms with Gasteiger partial charge in [-0.05, 0) is 88.4 Å². The number of piperidine rings is 1. The van der Waals surface area contributed by atoms with Crippen molar-refractivity contribution in [1.82, 2.24) is 19.6 Å². The van der Waals surface area contributed by atoms with Crippen LogP contribution >= 0.6 is 11.6 Å². The maximum Gasteiger partial charge on any atom is 0.245 e. The van der Waals surface area contributed by atoms with E-state index in [1.165, 1.54) is 16.1 Å². The molecule has 2 saturated heterocycles. The van der Waals surface area contributed by atoms with E-state index >= 15 is 0 Å². The van der Waals surface area contributed by atoms with Gasteiger partial charge in [0.2, 0.25) is 16.0 Å². The fourth-order valence-corrected chi connectivity index (χ4v) is 6.83. The number of hydrogen-bond acceptors (Lipinski definition) is 8. The van der Waals surface area contributed by atoms with E-state index in [-0.39, 0.29) is 16.0 Å². The van der Waals surface area contributed by atoms with Gasteiger partial charge in [0.15, 0.2) is 5.82 Å². The van der Waals surface area contributed by atoms with E-state index in [0.717, 1.165) is 50.2 Å². The molecule has 2 aliphatic rings. The molecule has 0 amide bonds. The summed E-state index contributed by atoms with van der Waals surface area (Å²) in [5, 5.41) is 10.1. The van der Waals surface area contributed by atoms with Crippen molar-refractivity contribution in [3.05, 3.63) is 59.2 Å². The molecule has 2 aliphatic heterocycles. The molecular weight excluding hydrogens is 536 g/mol. The number of halogens is 1. The molecule has 3 aromatic rings. The molecule has 0 atom stereocenters. The summed E-state index contributed by atoms with van der Waals surface area (Å²) in [5.41, 5.74) is 2.41. The number of rotatable bonds is 9. The lowest BCUT2D eigenvalue weighted by atomic mass is 9.90. The highest BCUT2D eigenvalue weighted by Crippen LogP contribution is 2.36. The molecule has 3 heterocycles. The Morgan fingerprint density at radius 2 is 1.79 bits per heavy atom. The van der Waals surface area contributed by atoms with Crippen molar-refractivity contribution in [2.24, 2.45) is 0 Å². The van der Waals surface area contributed by atoms with Crippen molar-refractivity contribution in [3.63, 3.8) is 0 Å². The smallest absolute Gasteiger partial charge is 0.245 e. The molecule has 0 radical (unpaired) electrons. The molecule has 2 aromatic carbocycles. The van der Waals surface area contributed by atoms with Gasteiger partial charge in [-0.3, -0.25) is 0 Å². The molecule has 0 spiro atoms. The Morgan fingerprint density at radius 3 is 2.54 bits per heavy atom. The van der Waals surface area contributed by atoms with Crippen LogP contribution in [0.2, 0.25) is 5.02 Å². The van der Waals surface area contributed by atoms with E-state index in [1.54, 1.807) is 24.3 Å². The van der Waals surface area contributed by atoms with Crippen LogP contribution in [0.4, 0.5) is 23.1 Å². The van der Waals surface area contributed by atoms with Gasteiger partial charge in [-0.2, -0.15) is 9.29 Å². The SMILES string of the molecule is CC(C)Oc1cc(C2CCNCC2)ccc1Nc1ncc(Cl)c(Nc2ccccc2S(=O)(=O)N2CCCC2)n1. The van der Waals surface area contributed by atoms with Gasteiger partial charge in [-0.1, -0.05) is 29.8 Å². The Hall–Kier alpha value is -2.92. The molecular formula is C28H35ClN6O3S. The van der Waals surface area contributed by atoms with E-state index in [1.807, 2.05) is 19.9 Å². The van der Waals surface area contributed by atoms with Crippen molar-refractivity contribution in [1.29, 1.82) is 0 Å². The minimum Gasteiger partial charge on any atom is -0.489 e. The van der Waals surface area contributed by atoms with Crippen molar-refractivity contribution < 1.29 is 13.2 Å². The largest absolute Gasteiger partial charge is 0.489 e. The van der Waals surface area contributed by atoms with Gasteiger partial charge >= 0.3 is 0 Å². The molecule has 208 valence electrons. The topological polar surface area (TPSA) is 108 Å². The summed E-state index contributed by atoms with van der Waals surface area (Å²) < 4.78 is 34.3. The van der Waals surface area contributed by atoms with E-state index in [0.29, 0.717) is 36.5 Å². The van der Waals surface area contributed by atoms with Gasteiger partial charge < -0.3 is 20.7 Å². The molecule has 0 bridgehead atoms. The van der Waals surface area contributed by atoms with Crippen molar-refractivity contribution >= 4 is 44.8 Å². The number of nitrogens with one attached hydrogen (secondary N) is 3. The number of para-hydroxylation sites is 1. The molecule has 0 unspecified atom stereocenters. The molecule has 0 aliphatic carbocycles. The third kappa shape index (κ3) is 6.46. The Kier molecular flexibility index (Phi) is 8.56. The molecule has 9 nitrogen and oxygen atoms in total. The zero-order valence-corrected chi connectivity index (χ0v) is 23.9. The van der Waals surface area contributed by atoms with E-state index in [2.05, 4.69) is 38.1 Å². The fourth-order valence-electron chi connectivity index (χ4n) is 5.03. The van der Waals surface area contributed by atoms with Gasteiger partial charge in [0.1, 0.15) is 15.7 Å². The van der Waals surface area contributed by atoms with Crippen molar-refractivity contribution in [3.8, 4) is 5.75 Å². The monoisotopic (exact) mass is 570 g/mol. The number of anilines is 4. The zero-order chi connectivity index (χ0) is 27.4. The lowest BCUT2D eigenvalue weighted by Gasteiger charge is -2.24. The minimum absolute atomic E-state index is 0.00811. The second-order valence-corrected chi connectivity index (χ2v) is 12.5. The quantitative estimate of drug-likeness (QED) is 0.302. The van der Waals surface area contributed by atoms with Crippen LogP contribution in [0, 0.1) is 0 Å². The standard InChI is InChI=1S/C28H35ClN6O3S/c1-19(2)38-25-17-21(20-11-13-30-14-12-20)9-10-23(25)33-28-31-18-22(29)27(34-28)32-24-7-3-4-8-26(24)39(36,37)35-15-5-6-16-35/h3-4,7-10,17-20,30H,5-6,11-16H2,1-2H3,(H2,31,32,33,34). The van der Waals surface area contributed by atoms with Crippen LogP contribution in [-0.4, -0.2) is 55.0 Å². The van der Waals surface area contributed by atoms with Crippen LogP contribution in [0.5, 0.6) is 5.75 Å². The highest BCUT2D eigenvalue weighted by molar-refractivity contribution is 7.89. The van der Waals surface area contributed by atoms with Crippen LogP contribution in [0.1, 0.15) is 51.0 Å². The summed E-state index contributed by atoms with van der Waals surface area (Å²) in [5.74, 6) is 1.84. The third-order valence-electron chi connectivity index (χ3n) is 6.99. The summed E-state index contributed by atoms with van der Waals surface area (Å²) in [4.78, 5) is 9.13. The summed E-state index contributed by atoms with van der Waals surface area (Å²) >= 11 is 6.44. The van der Waals surface area contributed by atoms with Crippen molar-refractivity contribution in [2.45, 2.75) is 56.4 Å². The summed E-state index contributed by atoms with van der Waals surface area (Å²) in [6.45, 7) is 7.07.